The quantitative estimate of drug-likeness (QED) is 0.596. The summed E-state index contributed by atoms with van der Waals surface area (Å²) in [5.74, 6) is -0.637. The number of ether oxygens (including phenoxy) is 2. The van der Waals surface area contributed by atoms with E-state index in [-0.39, 0.29) is 23.3 Å². The highest BCUT2D eigenvalue weighted by atomic mass is 32.2. The number of hydrogen-bond donors (Lipinski definition) is 0. The van der Waals surface area contributed by atoms with Crippen LogP contribution in [0.1, 0.15) is 23.1 Å². The molecule has 0 spiro atoms. The average Bonchev–Trinajstić information content (AvgIpc) is 2.76. The average molecular weight is 457 g/mol. The van der Waals surface area contributed by atoms with Crippen molar-refractivity contribution < 1.29 is 35.9 Å². The third-order valence-electron chi connectivity index (χ3n) is 4.86. The first kappa shape index (κ1) is 23.2. The fraction of sp³-hybridized carbons (Fsp3) is 0.381. The third-order valence-corrected chi connectivity index (χ3v) is 6.77. The maximum atomic E-state index is 13.0. The Hall–Kier alpha value is -2.43. The van der Waals surface area contributed by atoms with Crippen molar-refractivity contribution in [1.82, 2.24) is 4.31 Å². The molecule has 0 saturated carbocycles. The van der Waals surface area contributed by atoms with Gasteiger partial charge in [-0.2, -0.15) is 17.5 Å². The number of carbonyl (C=O) groups excluding carboxylic acids is 1. The van der Waals surface area contributed by atoms with E-state index >= 15 is 0 Å². The zero-order valence-corrected chi connectivity index (χ0v) is 17.4. The largest absolute Gasteiger partial charge is 0.461 e. The van der Waals surface area contributed by atoms with E-state index in [1.54, 1.807) is 12.1 Å². The van der Waals surface area contributed by atoms with Crippen LogP contribution >= 0.6 is 0 Å². The van der Waals surface area contributed by atoms with Crippen molar-refractivity contribution in [3.8, 4) is 0 Å². The number of benzene rings is 2. The molecule has 0 atom stereocenters. The van der Waals surface area contributed by atoms with E-state index in [1.165, 1.54) is 34.6 Å². The summed E-state index contributed by atoms with van der Waals surface area (Å²) in [5.41, 5.74) is -0.227. The number of alkyl halides is 3. The summed E-state index contributed by atoms with van der Waals surface area (Å²) in [4.78, 5) is 12.1. The highest BCUT2D eigenvalue weighted by Crippen LogP contribution is 2.32. The van der Waals surface area contributed by atoms with Crippen LogP contribution in [0.15, 0.2) is 53.4 Å². The van der Waals surface area contributed by atoms with E-state index in [1.807, 2.05) is 0 Å². The third kappa shape index (κ3) is 6.05. The Labute approximate surface area is 178 Å². The minimum absolute atomic E-state index is 0.0380. The zero-order valence-electron chi connectivity index (χ0n) is 16.6. The lowest BCUT2D eigenvalue weighted by atomic mass is 10.1. The smallest absolute Gasteiger partial charge is 0.416 e. The van der Waals surface area contributed by atoms with Gasteiger partial charge in [0.2, 0.25) is 10.0 Å². The first-order valence-corrected chi connectivity index (χ1v) is 11.1. The molecule has 1 fully saturated rings. The summed E-state index contributed by atoms with van der Waals surface area (Å²) >= 11 is 0. The number of sulfonamides is 1. The molecule has 1 aliphatic heterocycles. The molecule has 0 bridgehead atoms. The van der Waals surface area contributed by atoms with Crippen LogP contribution in [0.2, 0.25) is 0 Å². The van der Waals surface area contributed by atoms with E-state index in [0.29, 0.717) is 31.9 Å². The molecule has 1 aliphatic rings. The molecule has 1 heterocycles. The molecule has 31 heavy (non-hydrogen) atoms. The minimum Gasteiger partial charge on any atom is -0.461 e. The van der Waals surface area contributed by atoms with Crippen LogP contribution in [0.3, 0.4) is 0 Å². The zero-order chi connectivity index (χ0) is 22.5. The molecular formula is C21H22F3NO5S. The maximum Gasteiger partial charge on any atom is 0.416 e. The Morgan fingerprint density at radius 2 is 1.68 bits per heavy atom. The Morgan fingerprint density at radius 1 is 1.03 bits per heavy atom. The number of hydrogen-bond acceptors (Lipinski definition) is 5. The number of rotatable bonds is 7. The lowest BCUT2D eigenvalue weighted by Gasteiger charge is -2.26. The predicted octanol–water partition coefficient (Wildman–Crippen LogP) is 3.40. The topological polar surface area (TPSA) is 72.9 Å². The van der Waals surface area contributed by atoms with E-state index < -0.39 is 34.3 Å². The first-order valence-electron chi connectivity index (χ1n) is 9.65. The Kier molecular flexibility index (Phi) is 7.34. The standard InChI is InChI=1S/C21H22F3NO5S/c22-21(23,24)19-4-2-1-3-17(19)15-30-20(26)10-7-16-5-8-18(9-6-16)31(27,28)25-11-13-29-14-12-25/h1-6,8-9H,7,10-15H2. The molecule has 2 aromatic rings. The van der Waals surface area contributed by atoms with Crippen LogP contribution in [-0.2, 0) is 43.5 Å². The molecule has 10 heteroatoms. The van der Waals surface area contributed by atoms with E-state index in [4.69, 9.17) is 9.47 Å². The second-order valence-electron chi connectivity index (χ2n) is 6.98. The van der Waals surface area contributed by atoms with Crippen molar-refractivity contribution in [2.45, 2.75) is 30.5 Å². The summed E-state index contributed by atoms with van der Waals surface area (Å²) in [6, 6.07) is 11.1. The van der Waals surface area contributed by atoms with Crippen molar-refractivity contribution in [1.29, 1.82) is 0 Å². The lowest BCUT2D eigenvalue weighted by molar-refractivity contribution is -0.147. The molecule has 0 unspecified atom stereocenters. The molecule has 6 nitrogen and oxygen atoms in total. The summed E-state index contributed by atoms with van der Waals surface area (Å²) in [7, 11) is -3.60. The van der Waals surface area contributed by atoms with E-state index in [9.17, 15) is 26.4 Å². The maximum absolute atomic E-state index is 13.0. The Balaban J connectivity index is 1.53. The molecule has 168 valence electrons. The van der Waals surface area contributed by atoms with Crippen LogP contribution in [0.4, 0.5) is 13.2 Å². The van der Waals surface area contributed by atoms with Crippen LogP contribution in [0.25, 0.3) is 0 Å². The van der Waals surface area contributed by atoms with Crippen LogP contribution < -0.4 is 0 Å². The van der Waals surface area contributed by atoms with Gasteiger partial charge in [-0.3, -0.25) is 4.79 Å². The number of aryl methyl sites for hydroxylation is 1. The van der Waals surface area contributed by atoms with Gasteiger partial charge >= 0.3 is 12.1 Å². The second kappa shape index (κ2) is 9.80. The van der Waals surface area contributed by atoms with Gasteiger partial charge in [-0.15, -0.1) is 0 Å². The fourth-order valence-corrected chi connectivity index (χ4v) is 4.57. The van der Waals surface area contributed by atoms with Crippen molar-refractivity contribution in [3.63, 3.8) is 0 Å². The highest BCUT2D eigenvalue weighted by molar-refractivity contribution is 7.89. The number of nitrogens with zero attached hydrogens (tertiary/aromatic N) is 1. The molecule has 0 aromatic heterocycles. The van der Waals surface area contributed by atoms with Gasteiger partial charge in [0.15, 0.2) is 0 Å². The van der Waals surface area contributed by atoms with Crippen molar-refractivity contribution >= 4 is 16.0 Å². The van der Waals surface area contributed by atoms with Crippen molar-refractivity contribution in [2.75, 3.05) is 26.3 Å². The summed E-state index contributed by atoms with van der Waals surface area (Å²) < 4.78 is 75.7. The van der Waals surface area contributed by atoms with Crippen LogP contribution in [0, 0.1) is 0 Å². The van der Waals surface area contributed by atoms with Gasteiger partial charge in [-0.05, 0) is 30.2 Å². The summed E-state index contributed by atoms with van der Waals surface area (Å²) in [6.07, 6.45) is -4.28. The van der Waals surface area contributed by atoms with Gasteiger partial charge in [0.1, 0.15) is 6.61 Å². The van der Waals surface area contributed by atoms with Gasteiger partial charge in [0.05, 0.1) is 23.7 Å². The molecule has 1 saturated heterocycles. The molecule has 0 radical (unpaired) electrons. The molecule has 3 rings (SSSR count). The first-order chi connectivity index (χ1) is 14.7. The van der Waals surface area contributed by atoms with Crippen molar-refractivity contribution in [3.05, 3.63) is 65.2 Å². The monoisotopic (exact) mass is 457 g/mol. The van der Waals surface area contributed by atoms with Gasteiger partial charge in [-0.25, -0.2) is 8.42 Å². The fourth-order valence-electron chi connectivity index (χ4n) is 3.16. The number of carbonyl (C=O) groups is 1. The number of morpholine rings is 1. The summed E-state index contributed by atoms with van der Waals surface area (Å²) in [5, 5.41) is 0. The Bertz CT molecular complexity index is 1000. The van der Waals surface area contributed by atoms with E-state index in [2.05, 4.69) is 0 Å². The normalized spacial score (nSPS) is 15.6. The predicted molar refractivity (Wildman–Crippen MR) is 106 cm³/mol. The molecule has 2 aromatic carbocycles. The highest BCUT2D eigenvalue weighted by Gasteiger charge is 2.33. The van der Waals surface area contributed by atoms with Gasteiger partial charge in [0.25, 0.3) is 0 Å². The number of esters is 1. The molecule has 0 aliphatic carbocycles. The second-order valence-corrected chi connectivity index (χ2v) is 8.91. The van der Waals surface area contributed by atoms with E-state index in [0.717, 1.165) is 6.07 Å². The molecular weight excluding hydrogens is 435 g/mol. The van der Waals surface area contributed by atoms with Crippen LogP contribution in [-0.4, -0.2) is 45.0 Å². The molecule has 0 N–H and O–H groups in total. The van der Waals surface area contributed by atoms with Crippen LogP contribution in [0.5, 0.6) is 0 Å². The Morgan fingerprint density at radius 3 is 2.32 bits per heavy atom. The molecule has 0 amide bonds. The number of halogens is 3. The minimum atomic E-state index is -4.52. The SMILES string of the molecule is O=C(CCc1ccc(S(=O)(=O)N2CCOCC2)cc1)OCc1ccccc1C(F)(F)F. The van der Waals surface area contributed by atoms with Crippen molar-refractivity contribution in [2.24, 2.45) is 0 Å². The van der Waals surface area contributed by atoms with Gasteiger partial charge < -0.3 is 9.47 Å². The van der Waals surface area contributed by atoms with Gasteiger partial charge in [-0.1, -0.05) is 30.3 Å². The van der Waals surface area contributed by atoms with Gasteiger partial charge in [0, 0.05) is 25.1 Å². The lowest BCUT2D eigenvalue weighted by Crippen LogP contribution is -2.40. The summed E-state index contributed by atoms with van der Waals surface area (Å²) in [6.45, 7) is 0.839.